The molecule has 7 heteroatoms. The molecule has 0 spiro atoms. The number of carbonyl (C=O) groups is 1. The van der Waals surface area contributed by atoms with Crippen LogP contribution in [0, 0.1) is 0 Å². The number of hydrogen-bond donors (Lipinski definition) is 1. The molecule has 2 heterocycles. The zero-order chi connectivity index (χ0) is 20.9. The molecule has 1 amide bonds. The number of nitrogens with one attached hydrogen (secondary N) is 1. The van der Waals surface area contributed by atoms with Crippen molar-refractivity contribution in [1.29, 1.82) is 0 Å². The van der Waals surface area contributed by atoms with Gasteiger partial charge in [0.25, 0.3) is 0 Å². The van der Waals surface area contributed by atoms with Gasteiger partial charge in [0.1, 0.15) is 13.2 Å². The fourth-order valence-corrected chi connectivity index (χ4v) is 4.54. The van der Waals surface area contributed by atoms with E-state index in [4.69, 9.17) is 14.5 Å². The summed E-state index contributed by atoms with van der Waals surface area (Å²) in [6, 6.07) is 14.0. The Morgan fingerprint density at radius 1 is 1.13 bits per heavy atom. The van der Waals surface area contributed by atoms with Crippen molar-refractivity contribution in [2.24, 2.45) is 0 Å². The average molecular weight is 427 g/mol. The van der Waals surface area contributed by atoms with Gasteiger partial charge in [-0.15, -0.1) is 0 Å². The lowest BCUT2D eigenvalue weighted by molar-refractivity contribution is -0.858. The summed E-state index contributed by atoms with van der Waals surface area (Å²) in [5.41, 5.74) is 2.02. The molecular formula is C23H28N3O3S+. The number of thiazole rings is 1. The summed E-state index contributed by atoms with van der Waals surface area (Å²) in [7, 11) is 4.26. The highest BCUT2D eigenvalue weighted by atomic mass is 32.1. The van der Waals surface area contributed by atoms with Crippen molar-refractivity contribution < 1.29 is 19.2 Å². The molecule has 1 aliphatic rings. The van der Waals surface area contributed by atoms with Gasteiger partial charge < -0.3 is 14.4 Å². The second kappa shape index (κ2) is 9.45. The molecule has 0 radical (unpaired) electrons. The molecule has 3 aromatic rings. The van der Waals surface area contributed by atoms with E-state index < -0.39 is 0 Å². The van der Waals surface area contributed by atoms with Crippen LogP contribution in [-0.4, -0.2) is 51.3 Å². The number of ether oxygens (including phenoxy) is 2. The molecular weight excluding hydrogens is 398 g/mol. The van der Waals surface area contributed by atoms with Crippen LogP contribution in [0.15, 0.2) is 42.5 Å². The van der Waals surface area contributed by atoms with Crippen LogP contribution in [0.2, 0.25) is 0 Å². The number of aromatic nitrogens is 1. The van der Waals surface area contributed by atoms with Crippen LogP contribution in [0.25, 0.3) is 10.2 Å². The summed E-state index contributed by atoms with van der Waals surface area (Å²) >= 11 is 1.54. The molecule has 0 atom stereocenters. The third-order valence-corrected chi connectivity index (χ3v) is 6.14. The van der Waals surface area contributed by atoms with Crippen molar-refractivity contribution in [3.63, 3.8) is 0 Å². The SMILES string of the molecule is C[NH+](C)CCCN(C(=O)CCc1ccccc1)c1nc2cc3c(cc2s1)OCCO3. The van der Waals surface area contributed by atoms with Crippen molar-refractivity contribution in [3.05, 3.63) is 48.0 Å². The fourth-order valence-electron chi connectivity index (χ4n) is 3.52. The topological polar surface area (TPSA) is 56.1 Å². The number of hydrogen-bond acceptors (Lipinski definition) is 5. The number of rotatable bonds is 8. The maximum absolute atomic E-state index is 13.2. The molecule has 0 bridgehead atoms. The maximum Gasteiger partial charge on any atom is 0.229 e. The van der Waals surface area contributed by atoms with Gasteiger partial charge in [-0.2, -0.15) is 0 Å². The second-order valence-corrected chi connectivity index (χ2v) is 8.81. The number of amides is 1. The lowest BCUT2D eigenvalue weighted by Gasteiger charge is -2.20. The van der Waals surface area contributed by atoms with E-state index in [9.17, 15) is 4.79 Å². The number of aryl methyl sites for hydroxylation is 1. The fraction of sp³-hybridized carbons (Fsp3) is 0.391. The summed E-state index contributed by atoms with van der Waals surface area (Å²) in [4.78, 5) is 21.2. The van der Waals surface area contributed by atoms with E-state index in [1.165, 1.54) is 21.8 Å². The molecule has 0 aliphatic carbocycles. The van der Waals surface area contributed by atoms with Crippen LogP contribution < -0.4 is 19.3 Å². The second-order valence-electron chi connectivity index (χ2n) is 7.80. The van der Waals surface area contributed by atoms with Gasteiger partial charge in [-0.3, -0.25) is 9.69 Å². The van der Waals surface area contributed by atoms with E-state index >= 15 is 0 Å². The van der Waals surface area contributed by atoms with Gasteiger partial charge >= 0.3 is 0 Å². The van der Waals surface area contributed by atoms with Crippen LogP contribution in [0.4, 0.5) is 5.13 Å². The predicted molar refractivity (Wildman–Crippen MR) is 120 cm³/mol. The van der Waals surface area contributed by atoms with Gasteiger partial charge in [0.15, 0.2) is 16.6 Å². The first-order valence-corrected chi connectivity index (χ1v) is 11.3. The molecule has 158 valence electrons. The normalized spacial score (nSPS) is 13.0. The molecule has 1 aliphatic heterocycles. The Hall–Kier alpha value is -2.64. The number of fused-ring (bicyclic) bond motifs is 2. The Balaban J connectivity index is 1.55. The molecule has 2 aromatic carbocycles. The van der Waals surface area contributed by atoms with Crippen molar-refractivity contribution >= 4 is 32.6 Å². The van der Waals surface area contributed by atoms with E-state index in [0.29, 0.717) is 26.2 Å². The molecule has 4 rings (SSSR count). The number of carbonyl (C=O) groups excluding carboxylic acids is 1. The Morgan fingerprint density at radius 3 is 2.60 bits per heavy atom. The lowest BCUT2D eigenvalue weighted by atomic mass is 10.1. The van der Waals surface area contributed by atoms with E-state index in [-0.39, 0.29) is 5.91 Å². The Kier molecular flexibility index (Phi) is 6.50. The Bertz CT molecular complexity index is 961. The van der Waals surface area contributed by atoms with E-state index in [1.807, 2.05) is 35.2 Å². The minimum Gasteiger partial charge on any atom is -0.486 e. The first-order chi connectivity index (χ1) is 14.6. The molecule has 6 nitrogen and oxygen atoms in total. The maximum atomic E-state index is 13.2. The number of nitrogens with zero attached hydrogens (tertiary/aromatic N) is 2. The number of anilines is 1. The minimum atomic E-state index is 0.115. The molecule has 0 saturated carbocycles. The van der Waals surface area contributed by atoms with Crippen molar-refractivity contribution in [2.75, 3.05) is 45.3 Å². The summed E-state index contributed by atoms with van der Waals surface area (Å²) < 4.78 is 12.4. The van der Waals surface area contributed by atoms with Crippen LogP contribution in [-0.2, 0) is 11.2 Å². The zero-order valence-corrected chi connectivity index (χ0v) is 18.3. The molecule has 1 N–H and O–H groups in total. The molecule has 0 saturated heterocycles. The summed E-state index contributed by atoms with van der Waals surface area (Å²) in [6.07, 6.45) is 2.13. The smallest absolute Gasteiger partial charge is 0.229 e. The van der Waals surface area contributed by atoms with Gasteiger partial charge in [-0.1, -0.05) is 41.7 Å². The highest BCUT2D eigenvalue weighted by Gasteiger charge is 2.22. The van der Waals surface area contributed by atoms with Crippen LogP contribution in [0.3, 0.4) is 0 Å². The van der Waals surface area contributed by atoms with Crippen molar-refractivity contribution in [1.82, 2.24) is 4.98 Å². The van der Waals surface area contributed by atoms with Crippen molar-refractivity contribution in [2.45, 2.75) is 19.3 Å². The predicted octanol–water partition coefficient (Wildman–Crippen LogP) is 2.57. The summed E-state index contributed by atoms with van der Waals surface area (Å²) in [6.45, 7) is 2.78. The Morgan fingerprint density at radius 2 is 1.87 bits per heavy atom. The number of benzene rings is 2. The standard InChI is InChI=1S/C23H27N3O3S/c1-25(2)11-6-12-26(22(27)10-9-17-7-4-3-5-8-17)23-24-18-15-19-20(16-21(18)30-23)29-14-13-28-19/h3-5,7-8,15-16H,6,9-14H2,1-2H3/p+1. The monoisotopic (exact) mass is 426 g/mol. The Labute approximate surface area is 181 Å². The first-order valence-electron chi connectivity index (χ1n) is 10.4. The molecule has 1 aromatic heterocycles. The average Bonchev–Trinajstić information content (AvgIpc) is 3.16. The molecule has 0 unspecified atom stereocenters. The summed E-state index contributed by atoms with van der Waals surface area (Å²) in [5.74, 6) is 1.59. The van der Waals surface area contributed by atoms with Crippen LogP contribution >= 0.6 is 11.3 Å². The third kappa shape index (κ3) is 4.91. The van der Waals surface area contributed by atoms with Gasteiger partial charge in [0, 0.05) is 31.5 Å². The quantitative estimate of drug-likeness (QED) is 0.602. The molecule has 0 fully saturated rings. The first kappa shape index (κ1) is 20.6. The highest BCUT2D eigenvalue weighted by molar-refractivity contribution is 7.22. The highest BCUT2D eigenvalue weighted by Crippen LogP contribution is 2.38. The van der Waals surface area contributed by atoms with Crippen LogP contribution in [0.1, 0.15) is 18.4 Å². The minimum absolute atomic E-state index is 0.115. The van der Waals surface area contributed by atoms with Gasteiger partial charge in [0.2, 0.25) is 5.91 Å². The third-order valence-electron chi connectivity index (χ3n) is 5.10. The van der Waals surface area contributed by atoms with Gasteiger partial charge in [-0.25, -0.2) is 4.98 Å². The van der Waals surface area contributed by atoms with Crippen molar-refractivity contribution in [3.8, 4) is 11.5 Å². The van der Waals surface area contributed by atoms with E-state index in [1.54, 1.807) is 0 Å². The van der Waals surface area contributed by atoms with E-state index in [2.05, 4.69) is 26.2 Å². The van der Waals surface area contributed by atoms with Gasteiger partial charge in [0.05, 0.1) is 30.9 Å². The lowest BCUT2D eigenvalue weighted by Crippen LogP contribution is -3.05. The van der Waals surface area contributed by atoms with Crippen LogP contribution in [0.5, 0.6) is 11.5 Å². The van der Waals surface area contributed by atoms with Gasteiger partial charge in [-0.05, 0) is 12.0 Å². The zero-order valence-electron chi connectivity index (χ0n) is 17.5. The number of quaternary nitrogens is 1. The molecule has 30 heavy (non-hydrogen) atoms. The largest absolute Gasteiger partial charge is 0.486 e. The summed E-state index contributed by atoms with van der Waals surface area (Å²) in [5, 5.41) is 0.749. The van der Waals surface area contributed by atoms with E-state index in [0.717, 1.165) is 46.2 Å².